The number of ether oxygens (including phenoxy) is 1. The van der Waals surface area contributed by atoms with Crippen LogP contribution in [-0.2, 0) is 4.79 Å². The van der Waals surface area contributed by atoms with Crippen LogP contribution in [0.25, 0.3) is 0 Å². The Morgan fingerprint density at radius 1 is 1.29 bits per heavy atom. The molecule has 0 aromatic heterocycles. The summed E-state index contributed by atoms with van der Waals surface area (Å²) in [6.07, 6.45) is 3.34. The fourth-order valence-electron chi connectivity index (χ4n) is 4.49. The minimum atomic E-state index is 0. The fraction of sp³-hybridized carbons (Fsp3) is 0.667. The number of carbonyl (C=O) groups excluding carboxylic acids is 1. The van der Waals surface area contributed by atoms with Crippen molar-refractivity contribution in [2.24, 2.45) is 11.3 Å². The van der Waals surface area contributed by atoms with Gasteiger partial charge in [-0.3, -0.25) is 9.69 Å². The smallest absolute Gasteiger partial charge is 0.223 e. The number of likely N-dealkylation sites (N-methyl/N-ethyl adjacent to an activating group) is 1. The molecule has 1 saturated carbocycles. The van der Waals surface area contributed by atoms with E-state index < -0.39 is 0 Å². The summed E-state index contributed by atoms with van der Waals surface area (Å²) in [6.45, 7) is 9.00. The van der Waals surface area contributed by atoms with Crippen LogP contribution in [0.2, 0.25) is 0 Å². The second-order valence-electron chi connectivity index (χ2n) is 7.63. The zero-order valence-electron chi connectivity index (χ0n) is 17.2. The summed E-state index contributed by atoms with van der Waals surface area (Å²) in [4.78, 5) is 15.2. The van der Waals surface area contributed by atoms with Gasteiger partial charge < -0.3 is 15.4 Å². The van der Waals surface area contributed by atoms with E-state index >= 15 is 0 Å². The first-order valence-corrected chi connectivity index (χ1v) is 10.00. The molecule has 2 atom stereocenters. The largest absolute Gasteiger partial charge is 0.497 e. The van der Waals surface area contributed by atoms with Gasteiger partial charge in [0.25, 0.3) is 0 Å². The number of hydrogen-bond donors (Lipinski definition) is 2. The number of benzene rings is 1. The Labute approximate surface area is 181 Å². The molecule has 1 heterocycles. The predicted molar refractivity (Wildman–Crippen MR) is 119 cm³/mol. The quantitative estimate of drug-likeness (QED) is 0.661. The minimum Gasteiger partial charge on any atom is -0.497 e. The van der Waals surface area contributed by atoms with E-state index in [0.717, 1.165) is 51.2 Å². The van der Waals surface area contributed by atoms with E-state index in [0.29, 0.717) is 6.54 Å². The van der Waals surface area contributed by atoms with Crippen molar-refractivity contribution in [3.8, 4) is 5.75 Å². The van der Waals surface area contributed by atoms with Gasteiger partial charge in [-0.1, -0.05) is 26.0 Å². The van der Waals surface area contributed by atoms with Crippen molar-refractivity contribution in [1.29, 1.82) is 0 Å². The van der Waals surface area contributed by atoms with Crippen LogP contribution in [0.4, 0.5) is 0 Å². The Morgan fingerprint density at radius 2 is 1.96 bits per heavy atom. The van der Waals surface area contributed by atoms with Crippen molar-refractivity contribution in [3.05, 3.63) is 29.8 Å². The predicted octanol–water partition coefficient (Wildman–Crippen LogP) is 3.43. The fourth-order valence-corrected chi connectivity index (χ4v) is 4.49. The summed E-state index contributed by atoms with van der Waals surface area (Å²) in [5.74, 6) is 1.32. The van der Waals surface area contributed by atoms with Gasteiger partial charge in [0.05, 0.1) is 13.2 Å². The van der Waals surface area contributed by atoms with Gasteiger partial charge in [0.2, 0.25) is 5.91 Å². The number of nitrogens with zero attached hydrogens (tertiary/aromatic N) is 1. The summed E-state index contributed by atoms with van der Waals surface area (Å²) in [6, 6.07) is 8.37. The maximum absolute atomic E-state index is 12.8. The highest BCUT2D eigenvalue weighted by atomic mass is 35.5. The molecule has 1 amide bonds. The second kappa shape index (κ2) is 11.2. The normalized spacial score (nSPS) is 20.6. The van der Waals surface area contributed by atoms with Crippen LogP contribution in [0.1, 0.15) is 44.7 Å². The summed E-state index contributed by atoms with van der Waals surface area (Å²) in [5.41, 5.74) is 1.48. The van der Waals surface area contributed by atoms with Gasteiger partial charge in [-0.2, -0.15) is 0 Å². The Balaban J connectivity index is 0.00000196. The lowest BCUT2D eigenvalue weighted by atomic mass is 9.91. The minimum absolute atomic E-state index is 0. The number of nitrogens with one attached hydrogen (secondary N) is 2. The highest BCUT2D eigenvalue weighted by Gasteiger charge is 2.57. The van der Waals surface area contributed by atoms with Gasteiger partial charge in [0, 0.05) is 12.5 Å². The molecule has 3 rings (SSSR count). The molecule has 1 aromatic carbocycles. The number of methoxy groups -OCH3 is 1. The molecule has 2 fully saturated rings. The van der Waals surface area contributed by atoms with E-state index in [1.165, 1.54) is 5.56 Å². The molecule has 2 N–H and O–H groups in total. The monoisotopic (exact) mass is 431 g/mol. The lowest BCUT2D eigenvalue weighted by Gasteiger charge is -2.31. The highest BCUT2D eigenvalue weighted by Crippen LogP contribution is 2.58. The third kappa shape index (κ3) is 5.53. The van der Waals surface area contributed by atoms with Crippen molar-refractivity contribution in [2.45, 2.75) is 39.2 Å². The molecule has 160 valence electrons. The first-order valence-electron chi connectivity index (χ1n) is 10.00. The summed E-state index contributed by atoms with van der Waals surface area (Å²) in [5, 5.41) is 6.66. The molecule has 1 saturated heterocycles. The van der Waals surface area contributed by atoms with Crippen LogP contribution in [0.5, 0.6) is 5.75 Å². The van der Waals surface area contributed by atoms with Gasteiger partial charge in [-0.15, -0.1) is 24.8 Å². The van der Waals surface area contributed by atoms with Gasteiger partial charge in [-0.25, -0.2) is 0 Å². The lowest BCUT2D eigenvalue weighted by Crippen LogP contribution is -2.39. The van der Waals surface area contributed by atoms with Crippen molar-refractivity contribution in [3.63, 3.8) is 0 Å². The maximum Gasteiger partial charge on any atom is 0.223 e. The topological polar surface area (TPSA) is 53.6 Å². The summed E-state index contributed by atoms with van der Waals surface area (Å²) >= 11 is 0. The number of piperidine rings is 1. The zero-order valence-corrected chi connectivity index (χ0v) is 18.8. The third-order valence-electron chi connectivity index (χ3n) is 6.31. The molecule has 5 nitrogen and oxygen atoms in total. The molecule has 28 heavy (non-hydrogen) atoms. The van der Waals surface area contributed by atoms with Gasteiger partial charge in [0.15, 0.2) is 0 Å². The molecule has 7 heteroatoms. The first-order chi connectivity index (χ1) is 12.6. The van der Waals surface area contributed by atoms with Crippen molar-refractivity contribution in [1.82, 2.24) is 15.5 Å². The van der Waals surface area contributed by atoms with Crippen LogP contribution in [0, 0.1) is 11.3 Å². The Bertz CT molecular complexity index is 619. The average Bonchev–Trinajstić information content (AvgIpc) is 3.38. The van der Waals surface area contributed by atoms with Gasteiger partial charge in [0.1, 0.15) is 5.75 Å². The SMILES string of the molecule is CCN(CC)C(CNC(=O)C1CC12CCNCC2)c1cccc(OC)c1.Cl.Cl. The van der Waals surface area contributed by atoms with E-state index in [9.17, 15) is 4.79 Å². The molecule has 0 radical (unpaired) electrons. The molecule has 1 spiro atoms. The standard InChI is InChI=1S/C21H33N3O2.2ClH/c1-4-24(5-2)19(16-7-6-8-17(13-16)26-3)15-23-20(25)18-14-21(18)9-11-22-12-10-21;;/h6-8,13,18-19,22H,4-5,9-12,14-15H2,1-3H3,(H,23,25);2*1H. The van der Waals surface area contributed by atoms with E-state index in [4.69, 9.17) is 4.74 Å². The Morgan fingerprint density at radius 3 is 2.57 bits per heavy atom. The van der Waals surface area contributed by atoms with Crippen LogP contribution in [-0.4, -0.2) is 50.6 Å². The average molecular weight is 432 g/mol. The zero-order chi connectivity index (χ0) is 18.6. The molecular weight excluding hydrogens is 397 g/mol. The molecule has 0 bridgehead atoms. The van der Waals surface area contributed by atoms with Crippen LogP contribution >= 0.6 is 24.8 Å². The van der Waals surface area contributed by atoms with Gasteiger partial charge in [-0.05, 0) is 68.6 Å². The van der Waals surface area contributed by atoms with E-state index in [1.54, 1.807) is 7.11 Å². The number of halogens is 2. The summed E-state index contributed by atoms with van der Waals surface area (Å²) in [7, 11) is 1.69. The van der Waals surface area contributed by atoms with E-state index in [-0.39, 0.29) is 48.1 Å². The second-order valence-corrected chi connectivity index (χ2v) is 7.63. The van der Waals surface area contributed by atoms with Gasteiger partial charge >= 0.3 is 0 Å². The molecule has 1 aromatic rings. The maximum atomic E-state index is 12.8. The molecule has 1 aliphatic carbocycles. The number of hydrogen-bond acceptors (Lipinski definition) is 4. The number of amides is 1. The highest BCUT2D eigenvalue weighted by molar-refractivity contribution is 5.85. The lowest BCUT2D eigenvalue weighted by molar-refractivity contribution is -0.123. The van der Waals surface area contributed by atoms with Crippen LogP contribution in [0.3, 0.4) is 0 Å². The van der Waals surface area contributed by atoms with E-state index in [1.807, 2.05) is 12.1 Å². The molecule has 2 aliphatic rings. The van der Waals surface area contributed by atoms with Crippen molar-refractivity contribution in [2.75, 3.05) is 39.8 Å². The molecular formula is C21H35Cl2N3O2. The summed E-state index contributed by atoms with van der Waals surface area (Å²) < 4.78 is 5.39. The van der Waals surface area contributed by atoms with Crippen LogP contribution < -0.4 is 15.4 Å². The Hall–Kier alpha value is -1.01. The third-order valence-corrected chi connectivity index (χ3v) is 6.31. The number of rotatable bonds is 8. The van der Waals surface area contributed by atoms with Crippen molar-refractivity contribution >= 4 is 30.7 Å². The van der Waals surface area contributed by atoms with E-state index in [2.05, 4.69) is 41.5 Å². The molecule has 2 unspecified atom stereocenters. The Kier molecular flexibility index (Phi) is 10.1. The van der Waals surface area contributed by atoms with Crippen LogP contribution in [0.15, 0.2) is 24.3 Å². The first kappa shape index (κ1) is 25.0. The molecule has 1 aliphatic heterocycles. The van der Waals surface area contributed by atoms with Crippen molar-refractivity contribution < 1.29 is 9.53 Å². The number of carbonyl (C=O) groups is 1.